The average molecular weight is 299 g/mol. The Hall–Kier alpha value is -1.62. The van der Waals surface area contributed by atoms with E-state index < -0.39 is 5.97 Å². The molecule has 0 spiro atoms. The molecule has 6 heteroatoms. The van der Waals surface area contributed by atoms with Gasteiger partial charge in [-0.25, -0.2) is 0 Å². The molecule has 20 heavy (non-hydrogen) atoms. The number of halogens is 1. The summed E-state index contributed by atoms with van der Waals surface area (Å²) in [4.78, 5) is 26.5. The molecule has 1 amide bonds. The van der Waals surface area contributed by atoms with E-state index in [1.807, 2.05) is 6.92 Å². The number of carbonyl (C=O) groups excluding carboxylic acids is 1. The van der Waals surface area contributed by atoms with E-state index in [2.05, 4.69) is 10.3 Å². The molecule has 0 aliphatic rings. The predicted molar refractivity (Wildman–Crippen MR) is 76.8 cm³/mol. The van der Waals surface area contributed by atoms with Crippen molar-refractivity contribution in [3.63, 3.8) is 0 Å². The quantitative estimate of drug-likeness (QED) is 0.811. The molecule has 1 aromatic rings. The zero-order valence-electron chi connectivity index (χ0n) is 11.6. The van der Waals surface area contributed by atoms with Gasteiger partial charge in [0.05, 0.1) is 16.5 Å². The third-order valence-electron chi connectivity index (χ3n) is 3.09. The molecule has 0 radical (unpaired) electrons. The number of carbonyl (C=O) groups is 2. The molecule has 1 heterocycles. The Kier molecular flexibility index (Phi) is 6.45. The lowest BCUT2D eigenvalue weighted by Crippen LogP contribution is -2.32. The van der Waals surface area contributed by atoms with Crippen LogP contribution < -0.4 is 5.32 Å². The summed E-state index contributed by atoms with van der Waals surface area (Å²) in [7, 11) is 0. The number of aromatic nitrogens is 1. The van der Waals surface area contributed by atoms with Crippen LogP contribution in [0.2, 0.25) is 5.02 Å². The lowest BCUT2D eigenvalue weighted by atomic mass is 10.0. The van der Waals surface area contributed by atoms with Gasteiger partial charge < -0.3 is 10.4 Å². The van der Waals surface area contributed by atoms with Crippen LogP contribution in [0.5, 0.6) is 0 Å². The van der Waals surface area contributed by atoms with Crippen molar-refractivity contribution in [3.8, 4) is 0 Å². The van der Waals surface area contributed by atoms with Crippen molar-refractivity contribution in [1.29, 1.82) is 0 Å². The molecule has 0 aromatic carbocycles. The Morgan fingerprint density at radius 1 is 1.40 bits per heavy atom. The lowest BCUT2D eigenvalue weighted by molar-refractivity contribution is -0.141. The minimum Gasteiger partial charge on any atom is -0.481 e. The molecule has 0 aliphatic carbocycles. The van der Waals surface area contributed by atoms with Crippen molar-refractivity contribution >= 4 is 23.5 Å². The smallest absolute Gasteiger partial charge is 0.306 e. The molecule has 0 aliphatic heterocycles. The zero-order chi connectivity index (χ0) is 15.1. The van der Waals surface area contributed by atoms with E-state index in [0.717, 1.165) is 12.8 Å². The second-order valence-corrected chi connectivity index (χ2v) is 5.31. The van der Waals surface area contributed by atoms with Crippen molar-refractivity contribution < 1.29 is 14.7 Å². The molecule has 2 N–H and O–H groups in total. The fourth-order valence-electron chi connectivity index (χ4n) is 1.79. The summed E-state index contributed by atoms with van der Waals surface area (Å²) in [6.07, 6.45) is 5.02. The average Bonchev–Trinajstić information content (AvgIpc) is 2.38. The Bertz CT molecular complexity index is 479. The van der Waals surface area contributed by atoms with Crippen LogP contribution in [-0.2, 0) is 4.79 Å². The number of carboxylic acid groups (broad SMARTS) is 1. The number of carboxylic acids is 1. The van der Waals surface area contributed by atoms with Crippen LogP contribution in [0, 0.1) is 5.92 Å². The van der Waals surface area contributed by atoms with Gasteiger partial charge in [-0.3, -0.25) is 14.6 Å². The van der Waals surface area contributed by atoms with E-state index >= 15 is 0 Å². The molecular formula is C14H19ClN2O3. The van der Waals surface area contributed by atoms with Crippen molar-refractivity contribution in [3.05, 3.63) is 29.0 Å². The van der Waals surface area contributed by atoms with Gasteiger partial charge in [-0.2, -0.15) is 0 Å². The second kappa shape index (κ2) is 7.85. The largest absolute Gasteiger partial charge is 0.481 e. The maximum atomic E-state index is 12.0. The van der Waals surface area contributed by atoms with Crippen molar-refractivity contribution in [2.45, 2.75) is 39.2 Å². The monoisotopic (exact) mass is 298 g/mol. The summed E-state index contributed by atoms with van der Waals surface area (Å²) in [6.45, 7) is 3.57. The number of amides is 1. The minimum absolute atomic E-state index is 0.0345. The number of rotatable bonds is 7. The third-order valence-corrected chi connectivity index (χ3v) is 3.39. The summed E-state index contributed by atoms with van der Waals surface area (Å²) >= 11 is 5.89. The standard InChI is InChI=1S/C14H19ClN2O3/c1-9(14(19)20)4-3-5-10(2)17-13(18)11-6-7-16-8-12(11)15/h6-10H,3-5H2,1-2H3,(H,17,18)(H,19,20). The molecule has 0 bridgehead atoms. The van der Waals surface area contributed by atoms with Gasteiger partial charge in [-0.15, -0.1) is 0 Å². The maximum absolute atomic E-state index is 12.0. The van der Waals surface area contributed by atoms with Gasteiger partial charge >= 0.3 is 5.97 Å². The first-order chi connectivity index (χ1) is 9.41. The Balaban J connectivity index is 2.39. The topological polar surface area (TPSA) is 79.3 Å². The highest BCUT2D eigenvalue weighted by Gasteiger charge is 2.14. The van der Waals surface area contributed by atoms with E-state index in [1.54, 1.807) is 13.0 Å². The van der Waals surface area contributed by atoms with Crippen LogP contribution in [0.4, 0.5) is 0 Å². The molecule has 0 fully saturated rings. The van der Waals surface area contributed by atoms with Crippen LogP contribution in [0.25, 0.3) is 0 Å². The summed E-state index contributed by atoms with van der Waals surface area (Å²) in [6, 6.07) is 1.53. The van der Waals surface area contributed by atoms with Gasteiger partial charge in [0, 0.05) is 18.4 Å². The minimum atomic E-state index is -0.787. The molecule has 110 valence electrons. The summed E-state index contributed by atoms with van der Waals surface area (Å²) in [5.74, 6) is -1.38. The van der Waals surface area contributed by atoms with E-state index in [-0.39, 0.29) is 17.9 Å². The number of hydrogen-bond acceptors (Lipinski definition) is 3. The fourth-order valence-corrected chi connectivity index (χ4v) is 1.99. The summed E-state index contributed by atoms with van der Waals surface area (Å²) < 4.78 is 0. The number of hydrogen-bond donors (Lipinski definition) is 2. The van der Waals surface area contributed by atoms with Gasteiger partial charge in [0.1, 0.15) is 0 Å². The Morgan fingerprint density at radius 2 is 2.10 bits per heavy atom. The second-order valence-electron chi connectivity index (χ2n) is 4.90. The molecule has 1 aromatic heterocycles. The van der Waals surface area contributed by atoms with Gasteiger partial charge in [-0.1, -0.05) is 24.9 Å². The number of nitrogens with zero attached hydrogens (tertiary/aromatic N) is 1. The van der Waals surface area contributed by atoms with Crippen LogP contribution in [0.15, 0.2) is 18.5 Å². The molecule has 2 atom stereocenters. The third kappa shape index (κ3) is 5.17. The fraction of sp³-hybridized carbons (Fsp3) is 0.500. The van der Waals surface area contributed by atoms with Gasteiger partial charge in [0.2, 0.25) is 0 Å². The first-order valence-electron chi connectivity index (χ1n) is 6.55. The van der Waals surface area contributed by atoms with E-state index in [4.69, 9.17) is 16.7 Å². The van der Waals surface area contributed by atoms with Crippen molar-refractivity contribution in [2.24, 2.45) is 5.92 Å². The molecule has 0 saturated heterocycles. The highest BCUT2D eigenvalue weighted by molar-refractivity contribution is 6.33. The SMILES string of the molecule is CC(CCCC(C)C(=O)O)NC(=O)c1ccncc1Cl. The number of aliphatic carboxylic acids is 1. The summed E-state index contributed by atoms with van der Waals surface area (Å²) in [5.41, 5.74) is 0.396. The number of nitrogens with one attached hydrogen (secondary N) is 1. The lowest BCUT2D eigenvalue weighted by Gasteiger charge is -2.15. The highest BCUT2D eigenvalue weighted by atomic mass is 35.5. The Labute approximate surface area is 123 Å². The number of pyridine rings is 1. The highest BCUT2D eigenvalue weighted by Crippen LogP contribution is 2.14. The van der Waals surface area contributed by atoms with Crippen LogP contribution in [0.3, 0.4) is 0 Å². The van der Waals surface area contributed by atoms with Gasteiger partial charge in [0.25, 0.3) is 5.91 Å². The first-order valence-corrected chi connectivity index (χ1v) is 6.92. The van der Waals surface area contributed by atoms with Gasteiger partial charge in [-0.05, 0) is 25.8 Å². The Morgan fingerprint density at radius 3 is 2.70 bits per heavy atom. The van der Waals surface area contributed by atoms with Crippen LogP contribution in [-0.4, -0.2) is 28.0 Å². The first kappa shape index (κ1) is 16.4. The molecule has 5 nitrogen and oxygen atoms in total. The van der Waals surface area contributed by atoms with Crippen molar-refractivity contribution in [2.75, 3.05) is 0 Å². The molecular weight excluding hydrogens is 280 g/mol. The summed E-state index contributed by atoms with van der Waals surface area (Å²) in [5, 5.41) is 11.9. The molecule has 0 saturated carbocycles. The predicted octanol–water partition coefficient (Wildman–Crippen LogP) is 2.74. The van der Waals surface area contributed by atoms with Crippen molar-refractivity contribution in [1.82, 2.24) is 10.3 Å². The molecule has 1 rings (SSSR count). The van der Waals surface area contributed by atoms with Gasteiger partial charge in [0.15, 0.2) is 0 Å². The van der Waals surface area contributed by atoms with Crippen LogP contribution >= 0.6 is 11.6 Å². The van der Waals surface area contributed by atoms with E-state index in [9.17, 15) is 9.59 Å². The normalized spacial score (nSPS) is 13.6. The maximum Gasteiger partial charge on any atom is 0.306 e. The zero-order valence-corrected chi connectivity index (χ0v) is 12.4. The van der Waals surface area contributed by atoms with Crippen LogP contribution in [0.1, 0.15) is 43.5 Å². The molecule has 2 unspecified atom stereocenters. The van der Waals surface area contributed by atoms with E-state index in [1.165, 1.54) is 12.4 Å². The van der Waals surface area contributed by atoms with E-state index in [0.29, 0.717) is 17.0 Å².